The Hall–Kier alpha value is -0.690. The van der Waals surface area contributed by atoms with Crippen LogP contribution in [0.1, 0.15) is 12.0 Å². The average molecular weight is 340 g/mol. The van der Waals surface area contributed by atoms with Crippen molar-refractivity contribution in [1.82, 2.24) is 0 Å². The number of benzene rings is 1. The number of anilines is 1. The molecule has 1 unspecified atom stereocenters. The fourth-order valence-electron chi connectivity index (χ4n) is 1.82. The van der Waals surface area contributed by atoms with Gasteiger partial charge in [-0.25, -0.2) is 0 Å². The number of carbonyl (C=O) groups is 1. The van der Waals surface area contributed by atoms with Crippen molar-refractivity contribution in [3.8, 4) is 0 Å². The summed E-state index contributed by atoms with van der Waals surface area (Å²) in [5, 5.41) is -0.0771. The van der Waals surface area contributed by atoms with Crippen molar-refractivity contribution in [2.45, 2.75) is 17.8 Å². The van der Waals surface area contributed by atoms with E-state index in [2.05, 4.69) is 28.6 Å². The highest BCUT2D eigenvalue weighted by molar-refractivity contribution is 9.10. The Morgan fingerprint density at radius 2 is 2.06 bits per heavy atom. The van der Waals surface area contributed by atoms with E-state index in [-0.39, 0.29) is 15.6 Å². The maximum atomic E-state index is 12.5. The van der Waals surface area contributed by atoms with Gasteiger partial charge >= 0.3 is 6.18 Å². The molecule has 1 aromatic carbocycles. The fourth-order valence-corrected chi connectivity index (χ4v) is 2.74. The van der Waals surface area contributed by atoms with Gasteiger partial charge in [0.15, 0.2) is 0 Å². The van der Waals surface area contributed by atoms with E-state index in [1.54, 1.807) is 0 Å². The van der Waals surface area contributed by atoms with E-state index >= 15 is 0 Å². The molecule has 1 aliphatic heterocycles. The van der Waals surface area contributed by atoms with Gasteiger partial charge in [0, 0.05) is 22.7 Å². The van der Waals surface area contributed by atoms with Crippen molar-refractivity contribution in [3.63, 3.8) is 0 Å². The molecule has 1 aromatic rings. The van der Waals surface area contributed by atoms with E-state index in [9.17, 15) is 18.0 Å². The van der Waals surface area contributed by atoms with E-state index in [1.165, 1.54) is 11.0 Å². The molecular weight excluding hydrogens is 331 g/mol. The minimum Gasteiger partial charge on any atom is -0.310 e. The van der Waals surface area contributed by atoms with Crippen molar-refractivity contribution < 1.29 is 18.0 Å². The Bertz CT molecular complexity index is 492. The number of amides is 1. The van der Waals surface area contributed by atoms with Crippen LogP contribution in [0, 0.1) is 0 Å². The Labute approximate surface area is 116 Å². The first-order chi connectivity index (χ1) is 8.29. The summed E-state index contributed by atoms with van der Waals surface area (Å²) in [4.78, 5) is 13.1. The molecule has 1 saturated heterocycles. The van der Waals surface area contributed by atoms with Gasteiger partial charge in [0.2, 0.25) is 5.91 Å². The zero-order chi connectivity index (χ0) is 13.5. The lowest BCUT2D eigenvalue weighted by molar-refractivity contribution is -0.137. The fraction of sp³-hybridized carbons (Fsp3) is 0.364. The molecule has 1 atom stereocenters. The minimum atomic E-state index is -4.39. The molecule has 7 heteroatoms. The molecule has 0 bridgehead atoms. The Morgan fingerprint density at radius 3 is 2.50 bits per heavy atom. The van der Waals surface area contributed by atoms with E-state index in [0.717, 1.165) is 12.1 Å². The van der Waals surface area contributed by atoms with Crippen LogP contribution in [-0.2, 0) is 11.0 Å². The smallest absolute Gasteiger partial charge is 0.310 e. The molecule has 2 rings (SSSR count). The van der Waals surface area contributed by atoms with Crippen LogP contribution < -0.4 is 4.90 Å². The van der Waals surface area contributed by atoms with Crippen molar-refractivity contribution in [2.24, 2.45) is 0 Å². The highest BCUT2D eigenvalue weighted by Gasteiger charge is 2.33. The predicted octanol–water partition coefficient (Wildman–Crippen LogP) is 3.50. The molecule has 1 fully saturated rings. The third-order valence-corrected chi connectivity index (χ3v) is 3.65. The lowest BCUT2D eigenvalue weighted by atomic mass is 10.2. The molecule has 0 N–H and O–H groups in total. The second kappa shape index (κ2) is 4.77. The first-order valence-corrected chi connectivity index (χ1v) is 6.45. The highest BCUT2D eigenvalue weighted by atomic mass is 79.9. The zero-order valence-electron chi connectivity index (χ0n) is 9.04. The summed E-state index contributed by atoms with van der Waals surface area (Å²) in [5.41, 5.74) is -0.295. The van der Waals surface area contributed by atoms with Crippen molar-refractivity contribution in [3.05, 3.63) is 28.2 Å². The van der Waals surface area contributed by atoms with Crippen molar-refractivity contribution >= 4 is 40.2 Å². The molecular formula is C11H9BrF3NOS. The molecule has 1 amide bonds. The number of alkyl halides is 3. The Kier molecular flexibility index (Phi) is 3.64. The lowest BCUT2D eigenvalue weighted by Crippen LogP contribution is -2.25. The van der Waals surface area contributed by atoms with Gasteiger partial charge in [-0.3, -0.25) is 4.79 Å². The number of rotatable bonds is 1. The summed E-state index contributed by atoms with van der Waals surface area (Å²) in [6.07, 6.45) is -4.08. The standard InChI is InChI=1S/C11H9BrF3NOS/c12-8-3-6(11(13,14)15)1-2-9(8)16-5-7(18)4-10(16)17/h1-3,7,18H,4-5H2. The van der Waals surface area contributed by atoms with Crippen LogP contribution in [0.15, 0.2) is 22.7 Å². The first kappa shape index (κ1) is 13.7. The second-order valence-electron chi connectivity index (χ2n) is 4.03. The van der Waals surface area contributed by atoms with Gasteiger partial charge in [0.05, 0.1) is 11.3 Å². The maximum Gasteiger partial charge on any atom is 0.416 e. The Balaban J connectivity index is 2.34. The summed E-state index contributed by atoms with van der Waals surface area (Å²) in [6.45, 7) is 0.409. The second-order valence-corrected chi connectivity index (χ2v) is 5.61. The molecule has 0 radical (unpaired) electrons. The number of hydrogen-bond acceptors (Lipinski definition) is 2. The van der Waals surface area contributed by atoms with Gasteiger partial charge < -0.3 is 4.90 Å². The van der Waals surface area contributed by atoms with E-state index in [4.69, 9.17) is 0 Å². The van der Waals surface area contributed by atoms with Gasteiger partial charge in [0.1, 0.15) is 0 Å². The third-order valence-electron chi connectivity index (χ3n) is 2.67. The predicted molar refractivity (Wildman–Crippen MR) is 68.9 cm³/mol. The van der Waals surface area contributed by atoms with Crippen LogP contribution in [0.3, 0.4) is 0 Å². The first-order valence-electron chi connectivity index (χ1n) is 5.14. The zero-order valence-corrected chi connectivity index (χ0v) is 11.5. The van der Waals surface area contributed by atoms with Crippen molar-refractivity contribution in [2.75, 3.05) is 11.4 Å². The summed E-state index contributed by atoms with van der Waals surface area (Å²) in [7, 11) is 0. The largest absolute Gasteiger partial charge is 0.416 e. The highest BCUT2D eigenvalue weighted by Crippen LogP contribution is 2.36. The topological polar surface area (TPSA) is 20.3 Å². The van der Waals surface area contributed by atoms with Crippen molar-refractivity contribution in [1.29, 1.82) is 0 Å². The molecule has 1 heterocycles. The van der Waals surface area contributed by atoms with Crippen LogP contribution in [0.2, 0.25) is 0 Å². The quantitative estimate of drug-likeness (QED) is 0.776. The van der Waals surface area contributed by atoms with Crippen LogP contribution in [0.4, 0.5) is 18.9 Å². The molecule has 1 aliphatic rings. The molecule has 0 aliphatic carbocycles. The van der Waals surface area contributed by atoms with E-state index in [1.807, 2.05) is 0 Å². The van der Waals surface area contributed by atoms with Crippen LogP contribution in [0.5, 0.6) is 0 Å². The van der Waals surface area contributed by atoms with E-state index in [0.29, 0.717) is 18.7 Å². The van der Waals surface area contributed by atoms with Crippen LogP contribution in [0.25, 0.3) is 0 Å². The third kappa shape index (κ3) is 2.66. The molecule has 2 nitrogen and oxygen atoms in total. The monoisotopic (exact) mass is 339 g/mol. The lowest BCUT2D eigenvalue weighted by Gasteiger charge is -2.19. The van der Waals surface area contributed by atoms with Crippen LogP contribution >= 0.6 is 28.6 Å². The number of nitrogens with zero attached hydrogens (tertiary/aromatic N) is 1. The van der Waals surface area contributed by atoms with Gasteiger partial charge in [-0.15, -0.1) is 0 Å². The molecule has 0 aromatic heterocycles. The minimum absolute atomic E-state index is 0.0771. The normalized spacial score (nSPS) is 20.6. The maximum absolute atomic E-state index is 12.5. The molecule has 0 spiro atoms. The SMILES string of the molecule is O=C1CC(S)CN1c1ccc(C(F)(F)F)cc1Br. The summed E-state index contributed by atoms with van der Waals surface area (Å²) in [5.74, 6) is -0.129. The van der Waals surface area contributed by atoms with Gasteiger partial charge in [-0.1, -0.05) is 0 Å². The van der Waals surface area contributed by atoms with Gasteiger partial charge in [0.25, 0.3) is 0 Å². The summed E-state index contributed by atoms with van der Waals surface area (Å²) < 4.78 is 37.8. The number of thiol groups is 1. The van der Waals surface area contributed by atoms with Crippen LogP contribution in [-0.4, -0.2) is 17.7 Å². The van der Waals surface area contributed by atoms with Gasteiger partial charge in [-0.2, -0.15) is 25.8 Å². The molecule has 98 valence electrons. The number of carbonyl (C=O) groups excluding carboxylic acids is 1. The summed E-state index contributed by atoms with van der Waals surface area (Å²) in [6, 6.07) is 3.25. The van der Waals surface area contributed by atoms with E-state index < -0.39 is 11.7 Å². The average Bonchev–Trinajstić information content (AvgIpc) is 2.56. The Morgan fingerprint density at radius 1 is 1.39 bits per heavy atom. The number of halogens is 4. The molecule has 0 saturated carbocycles. The molecule has 18 heavy (non-hydrogen) atoms. The number of hydrogen-bond donors (Lipinski definition) is 1. The summed E-state index contributed by atoms with van der Waals surface area (Å²) >= 11 is 7.28. The van der Waals surface area contributed by atoms with Gasteiger partial charge in [-0.05, 0) is 34.1 Å².